The van der Waals surface area contributed by atoms with Gasteiger partial charge < -0.3 is 15.5 Å². The topological polar surface area (TPSA) is 56.7 Å². The number of amides is 1. The average Bonchev–Trinajstić information content (AvgIpc) is 2.44. The minimum absolute atomic E-state index is 0. The Morgan fingerprint density at radius 1 is 1.23 bits per heavy atom. The zero-order valence-electron chi connectivity index (χ0n) is 13.8. The zero-order chi connectivity index (χ0) is 15.7. The van der Waals surface area contributed by atoms with Gasteiger partial charge in [-0.25, -0.2) is 4.99 Å². The van der Waals surface area contributed by atoms with Crippen LogP contribution in [-0.4, -0.2) is 50.0 Å². The predicted octanol–water partition coefficient (Wildman–Crippen LogP) is 1.88. The molecule has 22 heavy (non-hydrogen) atoms. The van der Waals surface area contributed by atoms with E-state index in [9.17, 15) is 4.79 Å². The van der Waals surface area contributed by atoms with Gasteiger partial charge in [0.25, 0.3) is 0 Å². The molecule has 0 saturated heterocycles. The van der Waals surface area contributed by atoms with E-state index in [2.05, 4.69) is 27.8 Å². The third kappa shape index (κ3) is 8.86. The fourth-order valence-electron chi connectivity index (χ4n) is 1.68. The van der Waals surface area contributed by atoms with Crippen molar-refractivity contribution in [2.75, 3.05) is 27.2 Å². The van der Waals surface area contributed by atoms with E-state index in [-0.39, 0.29) is 42.5 Å². The van der Waals surface area contributed by atoms with Crippen LogP contribution in [0.5, 0.6) is 0 Å². The first-order valence-corrected chi connectivity index (χ1v) is 7.28. The number of hydrogen-bond donors (Lipinski definition) is 2. The quantitative estimate of drug-likeness (QED) is 0.422. The van der Waals surface area contributed by atoms with E-state index in [0.717, 1.165) is 13.0 Å². The Balaban J connectivity index is 0.00000441. The first-order valence-electron chi connectivity index (χ1n) is 7.28. The molecule has 0 unspecified atom stereocenters. The van der Waals surface area contributed by atoms with Crippen molar-refractivity contribution < 1.29 is 4.79 Å². The third-order valence-electron chi connectivity index (χ3n) is 2.85. The van der Waals surface area contributed by atoms with Crippen LogP contribution >= 0.6 is 24.0 Å². The first kappa shape index (κ1) is 20.7. The normalized spacial score (nSPS) is 10.9. The smallest absolute Gasteiger partial charge is 0.243 e. The van der Waals surface area contributed by atoms with Crippen molar-refractivity contribution in [1.29, 1.82) is 0 Å². The number of carbonyl (C=O) groups is 1. The molecule has 0 atom stereocenters. The van der Waals surface area contributed by atoms with Crippen LogP contribution in [0.4, 0.5) is 0 Å². The van der Waals surface area contributed by atoms with Crippen LogP contribution in [0.2, 0.25) is 0 Å². The number of nitrogens with one attached hydrogen (secondary N) is 2. The van der Waals surface area contributed by atoms with Crippen LogP contribution in [0.15, 0.2) is 35.3 Å². The van der Waals surface area contributed by atoms with Gasteiger partial charge in [-0.2, -0.15) is 0 Å². The Kier molecular flexibility index (Phi) is 10.6. The number of hydrogen-bond acceptors (Lipinski definition) is 2. The number of likely N-dealkylation sites (N-methyl/N-ethyl adjacent to an activating group) is 1. The summed E-state index contributed by atoms with van der Waals surface area (Å²) in [6.45, 7) is 5.02. The highest BCUT2D eigenvalue weighted by atomic mass is 127. The molecule has 0 heterocycles. The number of guanidine groups is 1. The van der Waals surface area contributed by atoms with Crippen molar-refractivity contribution >= 4 is 35.8 Å². The van der Waals surface area contributed by atoms with Gasteiger partial charge in [0.2, 0.25) is 5.91 Å². The third-order valence-corrected chi connectivity index (χ3v) is 2.85. The van der Waals surface area contributed by atoms with Crippen molar-refractivity contribution in [3.63, 3.8) is 0 Å². The Labute approximate surface area is 150 Å². The van der Waals surface area contributed by atoms with Gasteiger partial charge in [0.15, 0.2) is 5.96 Å². The summed E-state index contributed by atoms with van der Waals surface area (Å²) in [6.07, 6.45) is 0.918. The highest BCUT2D eigenvalue weighted by Gasteiger charge is 2.05. The maximum Gasteiger partial charge on any atom is 0.243 e. The molecule has 0 spiro atoms. The number of nitrogens with zero attached hydrogens (tertiary/aromatic N) is 2. The molecule has 0 aliphatic rings. The standard InChI is InChI=1S/C16H26N4O.HI/c1-13(2)19-16(18-12-15(21)20(3)4)17-11-10-14-8-6-5-7-9-14;/h5-9,13H,10-12H2,1-4H3,(H2,17,18,19);1H. The highest BCUT2D eigenvalue weighted by Crippen LogP contribution is 1.98. The second kappa shape index (κ2) is 11.3. The van der Waals surface area contributed by atoms with E-state index in [0.29, 0.717) is 5.96 Å². The largest absolute Gasteiger partial charge is 0.356 e. The lowest BCUT2D eigenvalue weighted by Crippen LogP contribution is -2.42. The van der Waals surface area contributed by atoms with Crippen molar-refractivity contribution in [3.8, 4) is 0 Å². The molecule has 0 bridgehead atoms. The molecule has 0 aromatic heterocycles. The lowest BCUT2D eigenvalue weighted by atomic mass is 10.1. The van der Waals surface area contributed by atoms with E-state index in [1.807, 2.05) is 32.0 Å². The summed E-state index contributed by atoms with van der Waals surface area (Å²) in [5, 5.41) is 6.49. The van der Waals surface area contributed by atoms with E-state index < -0.39 is 0 Å². The Morgan fingerprint density at radius 3 is 2.41 bits per heavy atom. The molecular formula is C16H27IN4O. The van der Waals surface area contributed by atoms with E-state index in [4.69, 9.17) is 0 Å². The molecule has 0 fully saturated rings. The average molecular weight is 418 g/mol. The Hall–Kier alpha value is -1.31. The van der Waals surface area contributed by atoms with Crippen molar-refractivity contribution in [3.05, 3.63) is 35.9 Å². The first-order chi connectivity index (χ1) is 9.99. The van der Waals surface area contributed by atoms with Crippen LogP contribution in [-0.2, 0) is 11.2 Å². The monoisotopic (exact) mass is 418 g/mol. The molecule has 1 amide bonds. The van der Waals surface area contributed by atoms with E-state index >= 15 is 0 Å². The Bertz CT molecular complexity index is 460. The van der Waals surface area contributed by atoms with Gasteiger partial charge in [0, 0.05) is 26.7 Å². The molecule has 1 rings (SSSR count). The predicted molar refractivity (Wildman–Crippen MR) is 103 cm³/mol. The van der Waals surface area contributed by atoms with Crippen LogP contribution in [0.1, 0.15) is 19.4 Å². The van der Waals surface area contributed by atoms with Crippen molar-refractivity contribution in [2.24, 2.45) is 4.99 Å². The molecule has 5 nitrogen and oxygen atoms in total. The van der Waals surface area contributed by atoms with Gasteiger partial charge in [-0.3, -0.25) is 4.79 Å². The molecule has 0 aliphatic carbocycles. The summed E-state index contributed by atoms with van der Waals surface area (Å²) in [6, 6.07) is 10.5. The molecule has 0 saturated carbocycles. The van der Waals surface area contributed by atoms with Crippen molar-refractivity contribution in [1.82, 2.24) is 15.5 Å². The number of rotatable bonds is 6. The molecule has 1 aromatic carbocycles. The summed E-state index contributed by atoms with van der Waals surface area (Å²) in [5.74, 6) is 0.666. The van der Waals surface area contributed by atoms with E-state index in [1.54, 1.807) is 19.0 Å². The lowest BCUT2D eigenvalue weighted by Gasteiger charge is -2.16. The van der Waals surface area contributed by atoms with Crippen LogP contribution in [0, 0.1) is 0 Å². The minimum Gasteiger partial charge on any atom is -0.356 e. The zero-order valence-corrected chi connectivity index (χ0v) is 16.1. The van der Waals surface area contributed by atoms with Gasteiger partial charge in [-0.1, -0.05) is 30.3 Å². The highest BCUT2D eigenvalue weighted by molar-refractivity contribution is 14.0. The van der Waals surface area contributed by atoms with Crippen molar-refractivity contribution in [2.45, 2.75) is 26.3 Å². The number of halogens is 1. The summed E-state index contributed by atoms with van der Waals surface area (Å²) in [5.41, 5.74) is 1.28. The number of benzene rings is 1. The van der Waals surface area contributed by atoms with E-state index in [1.165, 1.54) is 5.56 Å². The molecule has 2 N–H and O–H groups in total. The van der Waals surface area contributed by atoms with Crippen LogP contribution < -0.4 is 10.6 Å². The maximum atomic E-state index is 11.6. The lowest BCUT2D eigenvalue weighted by molar-refractivity contribution is -0.127. The number of carbonyl (C=O) groups excluding carboxylic acids is 1. The van der Waals surface area contributed by atoms with Gasteiger partial charge in [0.1, 0.15) is 6.54 Å². The molecular weight excluding hydrogens is 391 g/mol. The van der Waals surface area contributed by atoms with Gasteiger partial charge in [-0.15, -0.1) is 24.0 Å². The van der Waals surface area contributed by atoms with Gasteiger partial charge >= 0.3 is 0 Å². The SMILES string of the molecule is CC(C)NC(=NCC(=O)N(C)C)NCCc1ccccc1.I. The fourth-order valence-corrected chi connectivity index (χ4v) is 1.68. The second-order valence-electron chi connectivity index (χ2n) is 5.41. The fraction of sp³-hybridized carbons (Fsp3) is 0.500. The van der Waals surface area contributed by atoms with Gasteiger partial charge in [-0.05, 0) is 25.8 Å². The molecule has 6 heteroatoms. The van der Waals surface area contributed by atoms with Crippen LogP contribution in [0.3, 0.4) is 0 Å². The van der Waals surface area contributed by atoms with Gasteiger partial charge in [0.05, 0.1) is 0 Å². The summed E-state index contributed by atoms with van der Waals surface area (Å²) >= 11 is 0. The molecule has 0 radical (unpaired) electrons. The second-order valence-corrected chi connectivity index (χ2v) is 5.41. The summed E-state index contributed by atoms with van der Waals surface area (Å²) in [4.78, 5) is 17.5. The minimum atomic E-state index is -0.0112. The molecule has 1 aromatic rings. The number of aliphatic imine (C=N–C) groups is 1. The summed E-state index contributed by atoms with van der Waals surface area (Å²) in [7, 11) is 3.46. The maximum absolute atomic E-state index is 11.6. The molecule has 0 aliphatic heterocycles. The molecule has 124 valence electrons. The van der Waals surface area contributed by atoms with Crippen LogP contribution in [0.25, 0.3) is 0 Å². The summed E-state index contributed by atoms with van der Waals surface area (Å²) < 4.78 is 0. The Morgan fingerprint density at radius 2 is 1.86 bits per heavy atom.